The van der Waals surface area contributed by atoms with Crippen LogP contribution in [0.3, 0.4) is 0 Å². The molecule has 1 heterocycles. The van der Waals surface area contributed by atoms with E-state index < -0.39 is 5.97 Å². The first-order valence-electron chi connectivity index (χ1n) is 4.92. The molecule has 0 saturated carbocycles. The Kier molecular flexibility index (Phi) is 3.06. The second kappa shape index (κ2) is 4.49. The van der Waals surface area contributed by atoms with E-state index >= 15 is 0 Å². The van der Waals surface area contributed by atoms with Crippen molar-refractivity contribution in [1.29, 1.82) is 0 Å². The number of fused-ring (bicyclic) bond motifs is 1. The predicted molar refractivity (Wildman–Crippen MR) is 62.7 cm³/mol. The number of hydrogen-bond donors (Lipinski definition) is 1. The number of benzene rings is 1. The number of aliphatic carboxylic acids is 1. The summed E-state index contributed by atoms with van der Waals surface area (Å²) in [6.07, 6.45) is 2.18. The Morgan fingerprint density at radius 1 is 1.44 bits per heavy atom. The number of carbonyl (C=O) groups is 1. The van der Waals surface area contributed by atoms with Crippen LogP contribution in [0.5, 0.6) is 0 Å². The zero-order valence-electron chi connectivity index (χ0n) is 8.48. The fraction of sp³-hybridized carbons (Fsp3) is 0.167. The molecule has 1 aromatic carbocycles. The van der Waals surface area contributed by atoms with Crippen LogP contribution in [-0.2, 0) is 11.2 Å². The number of nitrogens with zero attached hydrogens (tertiary/aromatic N) is 1. The van der Waals surface area contributed by atoms with Gasteiger partial charge in [-0.15, -0.1) is 0 Å². The lowest BCUT2D eigenvalue weighted by atomic mass is 10.1. The quantitative estimate of drug-likeness (QED) is 0.890. The Morgan fingerprint density at radius 2 is 2.25 bits per heavy atom. The molecule has 4 heteroatoms. The van der Waals surface area contributed by atoms with E-state index in [-0.39, 0.29) is 6.42 Å². The summed E-state index contributed by atoms with van der Waals surface area (Å²) < 4.78 is 0. The summed E-state index contributed by atoms with van der Waals surface area (Å²) in [5.74, 6) is -0.800. The lowest BCUT2D eigenvalue weighted by molar-refractivity contribution is -0.136. The summed E-state index contributed by atoms with van der Waals surface area (Å²) in [5.41, 5.74) is 1.77. The van der Waals surface area contributed by atoms with E-state index in [4.69, 9.17) is 16.7 Å². The summed E-state index contributed by atoms with van der Waals surface area (Å²) >= 11 is 5.84. The van der Waals surface area contributed by atoms with Crippen molar-refractivity contribution in [1.82, 2.24) is 4.98 Å². The number of aryl methyl sites for hydroxylation is 1. The van der Waals surface area contributed by atoms with Crippen LogP contribution in [0.4, 0.5) is 0 Å². The third kappa shape index (κ3) is 2.31. The Balaban J connectivity index is 2.41. The van der Waals surface area contributed by atoms with Crippen molar-refractivity contribution in [3.63, 3.8) is 0 Å². The zero-order chi connectivity index (χ0) is 11.5. The van der Waals surface area contributed by atoms with E-state index in [0.29, 0.717) is 11.4 Å². The molecule has 0 unspecified atom stereocenters. The average Bonchev–Trinajstić information content (AvgIpc) is 2.25. The normalized spacial score (nSPS) is 10.6. The van der Waals surface area contributed by atoms with E-state index in [1.165, 1.54) is 0 Å². The molecule has 2 aromatic rings. The van der Waals surface area contributed by atoms with Gasteiger partial charge >= 0.3 is 5.97 Å². The Hall–Kier alpha value is -1.61. The number of hydrogen-bond acceptors (Lipinski definition) is 2. The molecular formula is C12H10ClNO2. The van der Waals surface area contributed by atoms with Crippen LogP contribution in [0, 0.1) is 0 Å². The standard InChI is InChI=1S/C12H10ClNO2/c13-10-6-9-3-1-2-8(4-5-11(15)16)12(9)14-7-10/h1-3,6-7H,4-5H2,(H,15,16). The van der Waals surface area contributed by atoms with E-state index in [9.17, 15) is 4.79 Å². The van der Waals surface area contributed by atoms with Gasteiger partial charge in [0.15, 0.2) is 0 Å². The van der Waals surface area contributed by atoms with Gasteiger partial charge in [0.25, 0.3) is 0 Å². The second-order valence-corrected chi connectivity index (χ2v) is 3.97. The number of para-hydroxylation sites is 1. The van der Waals surface area contributed by atoms with Crippen molar-refractivity contribution in [2.45, 2.75) is 12.8 Å². The molecule has 0 radical (unpaired) electrons. The lowest BCUT2D eigenvalue weighted by Gasteiger charge is -2.04. The van der Waals surface area contributed by atoms with Crippen LogP contribution in [-0.4, -0.2) is 16.1 Å². The van der Waals surface area contributed by atoms with Crippen LogP contribution in [0.1, 0.15) is 12.0 Å². The van der Waals surface area contributed by atoms with E-state index in [1.807, 2.05) is 24.3 Å². The molecule has 0 saturated heterocycles. The fourth-order valence-corrected chi connectivity index (χ4v) is 1.81. The van der Waals surface area contributed by atoms with Crippen molar-refractivity contribution in [2.24, 2.45) is 0 Å². The number of carboxylic acid groups (broad SMARTS) is 1. The number of rotatable bonds is 3. The molecule has 3 nitrogen and oxygen atoms in total. The third-order valence-corrected chi connectivity index (χ3v) is 2.58. The SMILES string of the molecule is O=C(O)CCc1cccc2cc(Cl)cnc12. The minimum Gasteiger partial charge on any atom is -0.481 e. The van der Waals surface area contributed by atoms with Gasteiger partial charge < -0.3 is 5.11 Å². The highest BCUT2D eigenvalue weighted by atomic mass is 35.5. The van der Waals surface area contributed by atoms with Gasteiger partial charge in [0.2, 0.25) is 0 Å². The highest BCUT2D eigenvalue weighted by molar-refractivity contribution is 6.31. The first-order chi connectivity index (χ1) is 7.66. The van der Waals surface area contributed by atoms with Gasteiger partial charge in [0.05, 0.1) is 10.5 Å². The fourth-order valence-electron chi connectivity index (χ4n) is 1.64. The molecule has 0 fully saturated rings. The van der Waals surface area contributed by atoms with Crippen LogP contribution in [0.2, 0.25) is 5.02 Å². The van der Waals surface area contributed by atoms with Crippen molar-refractivity contribution >= 4 is 28.5 Å². The topological polar surface area (TPSA) is 50.2 Å². The van der Waals surface area contributed by atoms with E-state index in [0.717, 1.165) is 16.5 Å². The number of pyridine rings is 1. The van der Waals surface area contributed by atoms with Crippen molar-refractivity contribution in [3.05, 3.63) is 41.0 Å². The van der Waals surface area contributed by atoms with Crippen LogP contribution >= 0.6 is 11.6 Å². The molecule has 1 aromatic heterocycles. The molecule has 0 amide bonds. The number of halogens is 1. The van der Waals surface area contributed by atoms with Crippen LogP contribution < -0.4 is 0 Å². The minimum atomic E-state index is -0.800. The summed E-state index contributed by atoms with van der Waals surface area (Å²) in [6, 6.07) is 7.52. The molecule has 0 aliphatic rings. The first kappa shape index (κ1) is 10.9. The first-order valence-corrected chi connectivity index (χ1v) is 5.29. The highest BCUT2D eigenvalue weighted by Gasteiger charge is 2.05. The van der Waals surface area contributed by atoms with Crippen molar-refractivity contribution in [3.8, 4) is 0 Å². The molecule has 2 rings (SSSR count). The maximum Gasteiger partial charge on any atom is 0.303 e. The number of carboxylic acids is 1. The van der Waals surface area contributed by atoms with Gasteiger partial charge in [-0.1, -0.05) is 29.8 Å². The van der Waals surface area contributed by atoms with E-state index in [1.54, 1.807) is 6.20 Å². The summed E-state index contributed by atoms with van der Waals surface area (Å²) in [4.78, 5) is 14.8. The molecular weight excluding hydrogens is 226 g/mol. The van der Waals surface area contributed by atoms with Crippen molar-refractivity contribution < 1.29 is 9.90 Å². The zero-order valence-corrected chi connectivity index (χ0v) is 9.24. The predicted octanol–water partition coefficient (Wildman–Crippen LogP) is 2.91. The smallest absolute Gasteiger partial charge is 0.303 e. The third-order valence-electron chi connectivity index (χ3n) is 2.37. The molecule has 0 aliphatic carbocycles. The monoisotopic (exact) mass is 235 g/mol. The van der Waals surface area contributed by atoms with Crippen molar-refractivity contribution in [2.75, 3.05) is 0 Å². The van der Waals surface area contributed by atoms with Gasteiger partial charge in [0, 0.05) is 18.0 Å². The molecule has 82 valence electrons. The molecule has 0 atom stereocenters. The second-order valence-electron chi connectivity index (χ2n) is 3.54. The molecule has 0 bridgehead atoms. The number of aromatic nitrogens is 1. The average molecular weight is 236 g/mol. The van der Waals surface area contributed by atoms with E-state index in [2.05, 4.69) is 4.98 Å². The van der Waals surface area contributed by atoms with Crippen LogP contribution in [0.15, 0.2) is 30.5 Å². The largest absolute Gasteiger partial charge is 0.481 e. The van der Waals surface area contributed by atoms with Crippen LogP contribution in [0.25, 0.3) is 10.9 Å². The summed E-state index contributed by atoms with van der Waals surface area (Å²) in [7, 11) is 0. The summed E-state index contributed by atoms with van der Waals surface area (Å²) in [6.45, 7) is 0. The Morgan fingerprint density at radius 3 is 3.00 bits per heavy atom. The summed E-state index contributed by atoms with van der Waals surface area (Å²) in [5, 5.41) is 10.2. The van der Waals surface area contributed by atoms with Gasteiger partial charge in [-0.05, 0) is 18.1 Å². The van der Waals surface area contributed by atoms with Gasteiger partial charge in [0.1, 0.15) is 0 Å². The maximum atomic E-state index is 10.5. The molecule has 0 spiro atoms. The van der Waals surface area contributed by atoms with Gasteiger partial charge in [-0.2, -0.15) is 0 Å². The molecule has 0 aliphatic heterocycles. The highest BCUT2D eigenvalue weighted by Crippen LogP contribution is 2.20. The van der Waals surface area contributed by atoms with Gasteiger partial charge in [-0.25, -0.2) is 0 Å². The molecule has 1 N–H and O–H groups in total. The lowest BCUT2D eigenvalue weighted by Crippen LogP contribution is -1.98. The Bertz CT molecular complexity index is 540. The van der Waals surface area contributed by atoms with Gasteiger partial charge in [-0.3, -0.25) is 9.78 Å². The molecule has 16 heavy (non-hydrogen) atoms. The maximum absolute atomic E-state index is 10.5. The minimum absolute atomic E-state index is 0.115. The Labute approximate surface area is 97.7 Å².